The predicted molar refractivity (Wildman–Crippen MR) is 190 cm³/mol. The van der Waals surface area contributed by atoms with Gasteiger partial charge in [0.15, 0.2) is 7.14 Å². The van der Waals surface area contributed by atoms with Crippen LogP contribution in [0.4, 0.5) is 26.3 Å². The van der Waals surface area contributed by atoms with E-state index in [4.69, 9.17) is 0 Å². The molecule has 1 heterocycles. The van der Waals surface area contributed by atoms with E-state index in [1.54, 1.807) is 18.2 Å². The Balaban J connectivity index is 0.000000222. The van der Waals surface area contributed by atoms with Crippen molar-refractivity contribution in [2.75, 3.05) is 0 Å². The van der Waals surface area contributed by atoms with Crippen molar-refractivity contribution in [2.45, 2.75) is 12.4 Å². The minimum Gasteiger partial charge on any atom is -0.506 e. The maximum Gasteiger partial charge on any atom is 0.455 e. The van der Waals surface area contributed by atoms with Gasteiger partial charge >= 0.3 is 12.4 Å². The van der Waals surface area contributed by atoms with E-state index in [9.17, 15) is 45.6 Å². The van der Waals surface area contributed by atoms with Gasteiger partial charge in [-0.1, -0.05) is 121 Å². The molecule has 5 nitrogen and oxygen atoms in total. The van der Waals surface area contributed by atoms with E-state index in [0.717, 1.165) is 28.0 Å². The third-order valence-electron chi connectivity index (χ3n) is 8.33. The van der Waals surface area contributed by atoms with Gasteiger partial charge in [-0.15, -0.1) is 0 Å². The molecule has 13 heteroatoms. The van der Waals surface area contributed by atoms with Crippen LogP contribution in [0.1, 0.15) is 15.9 Å². The van der Waals surface area contributed by atoms with Crippen LogP contribution in [0.15, 0.2) is 156 Å². The largest absolute Gasteiger partial charge is 0.506 e. The van der Waals surface area contributed by atoms with E-state index in [2.05, 4.69) is 0 Å². The Labute approximate surface area is 339 Å². The third-order valence-corrected chi connectivity index (χ3v) is 11.4. The van der Waals surface area contributed by atoms with Crippen molar-refractivity contribution in [3.05, 3.63) is 173 Å². The molecule has 0 aliphatic heterocycles. The zero-order valence-electron chi connectivity index (χ0n) is 27.1. The summed E-state index contributed by atoms with van der Waals surface area (Å²) in [5.74, 6) is -3.71. The molecule has 7 aromatic rings. The number of halogens is 6. The number of benzene rings is 6. The number of pyridine rings is 1. The van der Waals surface area contributed by atoms with E-state index in [1.807, 2.05) is 91.0 Å². The van der Waals surface area contributed by atoms with Crippen LogP contribution >= 0.6 is 7.14 Å². The average molecular weight is 882 g/mol. The van der Waals surface area contributed by atoms with Crippen molar-refractivity contribution >= 4 is 50.5 Å². The number of hydrogen-bond donors (Lipinski definition) is 1. The summed E-state index contributed by atoms with van der Waals surface area (Å²) in [6.07, 6.45) is -10.1. The fourth-order valence-electron chi connectivity index (χ4n) is 5.89. The number of rotatable bonds is 5. The number of nitrogens with zero attached hydrogens (tertiary/aromatic N) is 1. The normalized spacial score (nSPS) is 11.7. The minimum atomic E-state index is -5.46. The molecular weight excluding hydrogens is 855 g/mol. The molecule has 0 fully saturated rings. The smallest absolute Gasteiger partial charge is 0.455 e. The van der Waals surface area contributed by atoms with Gasteiger partial charge in [0.05, 0.1) is 11.1 Å². The summed E-state index contributed by atoms with van der Waals surface area (Å²) in [4.78, 5) is 25.0. The molecule has 0 unspecified atom stereocenters. The first-order valence-corrected chi connectivity index (χ1v) is 17.3. The average Bonchev–Trinajstić information content (AvgIpc) is 3.15. The van der Waals surface area contributed by atoms with Gasteiger partial charge in [0, 0.05) is 81.8 Å². The number of fused-ring (bicyclic) bond motifs is 3. The van der Waals surface area contributed by atoms with Crippen molar-refractivity contribution in [3.63, 3.8) is 0 Å². The standard InChI is InChI=1S/C22H11F6NO3.C18H15OP.Eu/c23-21(24,25)12-6-8-13(9-7-12)29-17-14-4-2-1-3-11(14)5-10-15(17)18(30)16(20(29)32)19(31)22(26,27)28;19-20(16-10-4-1-5-11-16,17-12-6-2-7-13-17)18-14-8-3-9-15-18;/h1-10,30H;1-15H;. The number of alkyl halides is 6. The Bertz CT molecular complexity index is 2400. The predicted octanol–water partition coefficient (Wildman–Crippen LogP) is 8.94. The third kappa shape index (κ3) is 7.97. The number of carbonyl (C=O) groups is 1. The molecular formula is C40H26EuF6NO4P. The van der Waals surface area contributed by atoms with Gasteiger partial charge < -0.3 is 9.67 Å². The van der Waals surface area contributed by atoms with Crippen molar-refractivity contribution in [1.29, 1.82) is 0 Å². The van der Waals surface area contributed by atoms with Crippen LogP contribution in [0, 0.1) is 49.4 Å². The minimum absolute atomic E-state index is 0. The maximum atomic E-state index is 13.8. The van der Waals surface area contributed by atoms with Crippen LogP contribution in [0.3, 0.4) is 0 Å². The van der Waals surface area contributed by atoms with Gasteiger partial charge in [0.1, 0.15) is 11.3 Å². The molecule has 0 amide bonds. The van der Waals surface area contributed by atoms with E-state index in [1.165, 1.54) is 18.2 Å². The molecule has 7 rings (SSSR count). The quantitative estimate of drug-likeness (QED) is 0.0812. The summed E-state index contributed by atoms with van der Waals surface area (Å²) in [5, 5.41) is 13.7. The molecule has 0 aliphatic carbocycles. The monoisotopic (exact) mass is 882 g/mol. The fourth-order valence-corrected chi connectivity index (χ4v) is 8.56. The van der Waals surface area contributed by atoms with Crippen molar-refractivity contribution < 1.29 is 90.2 Å². The van der Waals surface area contributed by atoms with Gasteiger partial charge in [0.25, 0.3) is 11.3 Å². The topological polar surface area (TPSA) is 76.4 Å². The molecule has 53 heavy (non-hydrogen) atoms. The molecule has 1 aromatic heterocycles. The summed E-state index contributed by atoms with van der Waals surface area (Å²) >= 11 is 0. The van der Waals surface area contributed by atoms with Gasteiger partial charge in [-0.25, -0.2) is 0 Å². The zero-order chi connectivity index (χ0) is 37.3. The molecule has 0 aliphatic rings. The van der Waals surface area contributed by atoms with Crippen LogP contribution in [-0.4, -0.2) is 21.6 Å². The number of carbonyl (C=O) groups excluding carboxylic acids is 1. The Kier molecular flexibility index (Phi) is 12.0. The molecule has 0 atom stereocenters. The number of ketones is 1. The second kappa shape index (κ2) is 15.9. The van der Waals surface area contributed by atoms with Crippen LogP contribution in [0.5, 0.6) is 5.75 Å². The Morgan fingerprint density at radius 2 is 1.04 bits per heavy atom. The van der Waals surface area contributed by atoms with Crippen molar-refractivity contribution in [3.8, 4) is 11.4 Å². The first kappa shape index (κ1) is 39.9. The molecule has 1 radical (unpaired) electrons. The van der Waals surface area contributed by atoms with Crippen molar-refractivity contribution in [1.82, 2.24) is 4.57 Å². The van der Waals surface area contributed by atoms with E-state index >= 15 is 0 Å². The summed E-state index contributed by atoms with van der Waals surface area (Å²) in [6.45, 7) is 0. The van der Waals surface area contributed by atoms with Crippen LogP contribution in [0.25, 0.3) is 27.4 Å². The zero-order valence-corrected chi connectivity index (χ0v) is 30.5. The summed E-state index contributed by atoms with van der Waals surface area (Å²) < 4.78 is 92.8. The first-order valence-electron chi connectivity index (χ1n) is 15.6. The Morgan fingerprint density at radius 3 is 1.49 bits per heavy atom. The van der Waals surface area contributed by atoms with E-state index < -0.39 is 47.7 Å². The number of hydrogen-bond acceptors (Lipinski definition) is 4. The second-order valence-corrected chi connectivity index (χ2v) is 14.3. The van der Waals surface area contributed by atoms with E-state index in [-0.39, 0.29) is 66.0 Å². The molecule has 0 bridgehead atoms. The number of aromatic hydroxyl groups is 1. The van der Waals surface area contributed by atoms with Crippen LogP contribution in [-0.2, 0) is 10.7 Å². The Hall–Kier alpha value is -4.35. The first-order chi connectivity index (χ1) is 24.7. The molecule has 6 aromatic carbocycles. The van der Waals surface area contributed by atoms with Gasteiger partial charge in [-0.2, -0.15) is 26.3 Å². The number of aromatic nitrogens is 1. The SMILES string of the molecule is O=C(c1c(O)c2ccc3ccccc3c2n(-c2ccc(C(F)(F)F)cc2)c1=O)C(F)(F)F.O=P(c1ccccc1)(c1ccccc1)c1ccccc1.[Eu]. The molecule has 0 saturated carbocycles. The van der Waals surface area contributed by atoms with Gasteiger partial charge in [-0.3, -0.25) is 14.2 Å². The van der Waals surface area contributed by atoms with E-state index in [0.29, 0.717) is 27.5 Å². The van der Waals surface area contributed by atoms with Crippen LogP contribution < -0.4 is 21.5 Å². The summed E-state index contributed by atoms with van der Waals surface area (Å²) in [7, 11) is -2.78. The maximum absolute atomic E-state index is 13.8. The van der Waals surface area contributed by atoms with Gasteiger partial charge in [-0.05, 0) is 35.7 Å². The Morgan fingerprint density at radius 1 is 0.585 bits per heavy atom. The van der Waals surface area contributed by atoms with Crippen LogP contribution in [0.2, 0.25) is 0 Å². The molecule has 0 saturated heterocycles. The fraction of sp³-hybridized carbons (Fsp3) is 0.0500. The van der Waals surface area contributed by atoms with Crippen molar-refractivity contribution in [2.24, 2.45) is 0 Å². The molecule has 269 valence electrons. The summed E-state index contributed by atoms with van der Waals surface area (Å²) in [5.41, 5.74) is -4.31. The molecule has 1 N–H and O–H groups in total. The van der Waals surface area contributed by atoms with Gasteiger partial charge in [0.2, 0.25) is 0 Å². The molecule has 0 spiro atoms. The number of Topliss-reactive ketones (excluding diaryl/α,β-unsaturated/α-hetero) is 1. The second-order valence-electron chi connectivity index (χ2n) is 11.5. The summed E-state index contributed by atoms with van der Waals surface area (Å²) in [6, 6.07) is 41.4.